The number of rotatable bonds is 7. The second-order valence-electron chi connectivity index (χ2n) is 10.8. The third kappa shape index (κ3) is 5.43. The van der Waals surface area contributed by atoms with Gasteiger partial charge in [-0.05, 0) is 67.5 Å². The molecule has 2 aromatic carbocycles. The van der Waals surface area contributed by atoms with Gasteiger partial charge in [0.15, 0.2) is 5.75 Å². The Morgan fingerprint density at radius 2 is 1.93 bits per heavy atom. The largest absolute Gasteiger partial charge is 0.494 e. The quantitative estimate of drug-likeness (QED) is 0.367. The fourth-order valence-electron chi connectivity index (χ4n) is 5.51. The van der Waals surface area contributed by atoms with E-state index < -0.39 is 0 Å². The van der Waals surface area contributed by atoms with Gasteiger partial charge in [-0.15, -0.1) is 0 Å². The second-order valence-corrected chi connectivity index (χ2v) is 10.8. The van der Waals surface area contributed by atoms with Gasteiger partial charge in [-0.1, -0.05) is 13.5 Å². The molecular formula is C33H35N7O3. The van der Waals surface area contributed by atoms with Gasteiger partial charge in [0.05, 0.1) is 29.4 Å². The minimum atomic E-state index is -0.0450. The highest BCUT2D eigenvalue weighted by atomic mass is 16.5. The number of amides is 1. The number of hydrogen-bond donors (Lipinski definition) is 1. The molecule has 3 aromatic rings. The number of carbonyl (C=O) groups excluding carboxylic acids is 1. The standard InChI is InChI=1S/C33H35N7O3/c1-6-30(41)39-15-13-38(14-16-39)27-9-8-26-31(32(27)42-5)33(35-20-34-26)37-24-7-10-29(21(2)17-24)43-25-11-12-40-28(18-25)23(4)22(3)19-36-40/h6-12,17-20,22H,1,13-16H2,2-5H3,(H,34,35,37). The fraction of sp³-hybridized carbons (Fsp3) is 0.273. The summed E-state index contributed by atoms with van der Waals surface area (Å²) in [6.07, 6.45) is 10.7. The summed E-state index contributed by atoms with van der Waals surface area (Å²) in [5, 5.41) is 10.6. The second kappa shape index (κ2) is 11.6. The van der Waals surface area contributed by atoms with E-state index >= 15 is 0 Å². The van der Waals surface area contributed by atoms with Crippen LogP contribution in [0.5, 0.6) is 11.5 Å². The van der Waals surface area contributed by atoms with Gasteiger partial charge in [0.2, 0.25) is 5.91 Å². The van der Waals surface area contributed by atoms with Crippen LogP contribution in [0.1, 0.15) is 19.4 Å². The maximum absolute atomic E-state index is 12.1. The van der Waals surface area contributed by atoms with Crippen molar-refractivity contribution in [1.29, 1.82) is 0 Å². The number of nitrogens with zero attached hydrogens (tertiary/aromatic N) is 6. The van der Waals surface area contributed by atoms with Crippen LogP contribution >= 0.6 is 0 Å². The average Bonchev–Trinajstić information content (AvgIpc) is 3.03. The first-order valence-corrected chi connectivity index (χ1v) is 14.3. The molecule has 0 bridgehead atoms. The van der Waals surface area contributed by atoms with Crippen LogP contribution in [0, 0.1) is 12.8 Å². The van der Waals surface area contributed by atoms with E-state index in [0.717, 1.165) is 45.0 Å². The molecule has 4 heterocycles. The number of allylic oxidation sites excluding steroid dienone is 3. The van der Waals surface area contributed by atoms with Crippen molar-refractivity contribution in [3.63, 3.8) is 0 Å². The molecular weight excluding hydrogens is 542 g/mol. The zero-order valence-electron chi connectivity index (χ0n) is 24.9. The van der Waals surface area contributed by atoms with Crippen molar-refractivity contribution in [3.8, 4) is 11.5 Å². The lowest BCUT2D eigenvalue weighted by atomic mass is 9.99. The molecule has 0 saturated carbocycles. The molecule has 1 unspecified atom stereocenters. The summed E-state index contributed by atoms with van der Waals surface area (Å²) in [7, 11) is 1.66. The number of fused-ring (bicyclic) bond motifs is 2. The number of hydrogen-bond acceptors (Lipinski definition) is 9. The van der Waals surface area contributed by atoms with Crippen LogP contribution in [0.2, 0.25) is 0 Å². The summed E-state index contributed by atoms with van der Waals surface area (Å²) in [6, 6.07) is 9.96. The van der Waals surface area contributed by atoms with E-state index in [2.05, 4.69) is 45.7 Å². The number of methoxy groups -OCH3 is 1. The predicted molar refractivity (Wildman–Crippen MR) is 170 cm³/mol. The first-order valence-electron chi connectivity index (χ1n) is 14.3. The Hall–Kier alpha value is -5.12. The maximum atomic E-state index is 12.1. The highest BCUT2D eigenvalue weighted by molar-refractivity contribution is 6.00. The molecule has 43 heavy (non-hydrogen) atoms. The van der Waals surface area contributed by atoms with E-state index in [1.54, 1.807) is 13.4 Å². The van der Waals surface area contributed by atoms with E-state index in [-0.39, 0.29) is 11.8 Å². The van der Waals surface area contributed by atoms with Gasteiger partial charge >= 0.3 is 0 Å². The third-order valence-corrected chi connectivity index (χ3v) is 8.12. The Bertz CT molecular complexity index is 1720. The summed E-state index contributed by atoms with van der Waals surface area (Å²) in [5.41, 5.74) is 5.83. The van der Waals surface area contributed by atoms with Crippen LogP contribution < -0.4 is 19.7 Å². The van der Waals surface area contributed by atoms with Crippen LogP contribution in [-0.2, 0) is 4.79 Å². The van der Waals surface area contributed by atoms with Crippen molar-refractivity contribution in [2.75, 3.05) is 43.5 Å². The Balaban J connectivity index is 1.24. The molecule has 0 spiro atoms. The number of aromatic nitrogens is 2. The topological polar surface area (TPSA) is 95.4 Å². The van der Waals surface area contributed by atoms with E-state index in [1.165, 1.54) is 11.6 Å². The van der Waals surface area contributed by atoms with Gasteiger partial charge in [0, 0.05) is 56.3 Å². The van der Waals surface area contributed by atoms with Crippen molar-refractivity contribution in [3.05, 3.63) is 90.3 Å². The van der Waals surface area contributed by atoms with Gasteiger partial charge in [-0.3, -0.25) is 4.79 Å². The molecule has 10 heteroatoms. The highest BCUT2D eigenvalue weighted by Gasteiger charge is 2.24. The lowest BCUT2D eigenvalue weighted by molar-refractivity contribution is -0.126. The molecule has 6 rings (SSSR count). The molecule has 3 aliphatic rings. The Morgan fingerprint density at radius 3 is 2.67 bits per heavy atom. The Kier molecular flexibility index (Phi) is 7.58. The zero-order valence-corrected chi connectivity index (χ0v) is 24.9. The van der Waals surface area contributed by atoms with Crippen LogP contribution in [-0.4, -0.2) is 65.3 Å². The van der Waals surface area contributed by atoms with E-state index in [1.807, 2.05) is 71.7 Å². The SMILES string of the molecule is C=CC(=O)N1CCN(c2ccc3ncnc(Nc4ccc(OC5=CC6=C(C)C(C)C=NN6C=C5)c(C)c4)c3c2OC)CC1. The lowest BCUT2D eigenvalue weighted by Crippen LogP contribution is -2.48. The smallest absolute Gasteiger partial charge is 0.246 e. The molecule has 1 fully saturated rings. The van der Waals surface area contributed by atoms with Gasteiger partial charge < -0.3 is 24.6 Å². The van der Waals surface area contributed by atoms with Gasteiger partial charge in [-0.25, -0.2) is 15.0 Å². The molecule has 1 amide bonds. The average molecular weight is 578 g/mol. The van der Waals surface area contributed by atoms with E-state index in [0.29, 0.717) is 37.7 Å². The van der Waals surface area contributed by atoms with Crippen LogP contribution in [0.25, 0.3) is 10.9 Å². The number of aryl methyl sites for hydroxylation is 1. The van der Waals surface area contributed by atoms with Crippen LogP contribution in [0.4, 0.5) is 17.2 Å². The van der Waals surface area contributed by atoms with Crippen molar-refractivity contribution >= 4 is 40.2 Å². The number of carbonyl (C=O) groups is 1. The molecule has 0 aliphatic carbocycles. The monoisotopic (exact) mass is 577 g/mol. The molecule has 220 valence electrons. The van der Waals surface area contributed by atoms with Crippen molar-refractivity contribution in [2.24, 2.45) is 11.0 Å². The fourth-order valence-corrected chi connectivity index (χ4v) is 5.51. The molecule has 10 nitrogen and oxygen atoms in total. The number of nitrogens with one attached hydrogen (secondary N) is 1. The zero-order chi connectivity index (χ0) is 30.1. The third-order valence-electron chi connectivity index (χ3n) is 8.12. The van der Waals surface area contributed by atoms with Crippen LogP contribution in [0.3, 0.4) is 0 Å². The van der Waals surface area contributed by atoms with Crippen molar-refractivity contribution in [2.45, 2.75) is 20.8 Å². The molecule has 0 radical (unpaired) electrons. The molecule has 1 N–H and O–H groups in total. The first kappa shape index (κ1) is 28.0. The van der Waals surface area contributed by atoms with Crippen molar-refractivity contribution < 1.29 is 14.3 Å². The highest BCUT2D eigenvalue weighted by Crippen LogP contribution is 2.40. The number of ether oxygens (including phenoxy) is 2. The number of anilines is 3. The first-order chi connectivity index (χ1) is 20.9. The lowest BCUT2D eigenvalue weighted by Gasteiger charge is -2.36. The normalized spacial score (nSPS) is 18.0. The van der Waals surface area contributed by atoms with Gasteiger partial charge in [0.25, 0.3) is 0 Å². The predicted octanol–water partition coefficient (Wildman–Crippen LogP) is 5.53. The molecule has 1 saturated heterocycles. The van der Waals surface area contributed by atoms with E-state index in [4.69, 9.17) is 9.47 Å². The summed E-state index contributed by atoms with van der Waals surface area (Å²) >= 11 is 0. The maximum Gasteiger partial charge on any atom is 0.246 e. The van der Waals surface area contributed by atoms with Gasteiger partial charge in [-0.2, -0.15) is 5.10 Å². The molecule has 3 aliphatic heterocycles. The Morgan fingerprint density at radius 1 is 1.12 bits per heavy atom. The van der Waals surface area contributed by atoms with Gasteiger partial charge in [0.1, 0.15) is 23.7 Å². The summed E-state index contributed by atoms with van der Waals surface area (Å²) in [5.74, 6) is 3.10. The number of benzene rings is 2. The summed E-state index contributed by atoms with van der Waals surface area (Å²) in [6.45, 7) is 12.5. The molecule has 1 aromatic heterocycles. The molecule has 1 atom stereocenters. The number of piperazine rings is 1. The van der Waals surface area contributed by atoms with Crippen molar-refractivity contribution in [1.82, 2.24) is 19.9 Å². The minimum Gasteiger partial charge on any atom is -0.494 e. The minimum absolute atomic E-state index is 0.0450. The number of hydrazone groups is 1. The Labute approximate surface area is 251 Å². The summed E-state index contributed by atoms with van der Waals surface area (Å²) in [4.78, 5) is 25.2. The van der Waals surface area contributed by atoms with Crippen LogP contribution in [0.15, 0.2) is 89.8 Å². The summed E-state index contributed by atoms with van der Waals surface area (Å²) < 4.78 is 12.3. The van der Waals surface area contributed by atoms with E-state index in [9.17, 15) is 4.79 Å².